The van der Waals surface area contributed by atoms with E-state index in [4.69, 9.17) is 0 Å². The van der Waals surface area contributed by atoms with E-state index in [1.54, 1.807) is 18.2 Å². The normalized spacial score (nSPS) is 11.7. The van der Waals surface area contributed by atoms with E-state index in [0.29, 0.717) is 0 Å². The van der Waals surface area contributed by atoms with Crippen LogP contribution in [0.3, 0.4) is 0 Å². The minimum atomic E-state index is -3.26. The number of rotatable bonds is 3. The Balaban J connectivity index is 2.13. The number of aryl methyl sites for hydroxylation is 1. The molecule has 4 nitrogen and oxygen atoms in total. The van der Waals surface area contributed by atoms with Gasteiger partial charge >= 0.3 is 0 Å². The maximum absolute atomic E-state index is 11.7. The highest BCUT2D eigenvalue weighted by atomic mass is 32.2. The molecule has 0 aliphatic heterocycles. The number of hydrogen-bond donors (Lipinski definition) is 0. The van der Waals surface area contributed by atoms with Crippen LogP contribution in [-0.4, -0.2) is 24.6 Å². The van der Waals surface area contributed by atoms with Crippen molar-refractivity contribution in [3.8, 4) is 0 Å². The summed E-state index contributed by atoms with van der Waals surface area (Å²) >= 11 is 1.50. The lowest BCUT2D eigenvalue weighted by Crippen LogP contribution is -1.97. The van der Waals surface area contributed by atoms with Gasteiger partial charge in [0.25, 0.3) is 0 Å². The zero-order valence-corrected chi connectivity index (χ0v) is 13.8. The van der Waals surface area contributed by atoms with E-state index in [0.717, 1.165) is 20.8 Å². The quantitative estimate of drug-likeness (QED) is 0.688. The lowest BCUT2D eigenvalue weighted by atomic mass is 10.2. The van der Waals surface area contributed by atoms with Gasteiger partial charge in [-0.05, 0) is 37.3 Å². The number of benzene rings is 2. The van der Waals surface area contributed by atoms with E-state index in [1.165, 1.54) is 29.9 Å². The Hall–Kier alpha value is -1.92. The van der Waals surface area contributed by atoms with Crippen molar-refractivity contribution in [1.29, 1.82) is 0 Å². The molecule has 112 valence electrons. The highest BCUT2D eigenvalue weighted by Gasteiger charge is 2.12. The highest BCUT2D eigenvalue weighted by molar-refractivity contribution is 7.99. The van der Waals surface area contributed by atoms with Gasteiger partial charge in [-0.3, -0.25) is 0 Å². The third-order valence-corrected chi connectivity index (χ3v) is 5.32. The minimum absolute atomic E-state index is 0.279. The Labute approximate surface area is 133 Å². The number of sulfone groups is 1. The second-order valence-electron chi connectivity index (χ2n) is 5.05. The predicted molar refractivity (Wildman–Crippen MR) is 87.9 cm³/mol. The summed E-state index contributed by atoms with van der Waals surface area (Å²) in [6.07, 6.45) is 2.70. The molecular formula is C16H14N2O2S2. The van der Waals surface area contributed by atoms with Gasteiger partial charge in [0.05, 0.1) is 10.4 Å². The molecule has 0 spiro atoms. The van der Waals surface area contributed by atoms with Gasteiger partial charge in [-0.1, -0.05) is 29.5 Å². The molecule has 0 atom stereocenters. The molecule has 0 aliphatic carbocycles. The summed E-state index contributed by atoms with van der Waals surface area (Å²) in [5, 5.41) is 1.50. The van der Waals surface area contributed by atoms with E-state index in [-0.39, 0.29) is 4.90 Å². The molecule has 0 fully saturated rings. The van der Waals surface area contributed by atoms with Gasteiger partial charge < -0.3 is 0 Å². The first-order valence-electron chi connectivity index (χ1n) is 6.63. The topological polar surface area (TPSA) is 59.9 Å². The van der Waals surface area contributed by atoms with Crippen molar-refractivity contribution in [3.63, 3.8) is 0 Å². The van der Waals surface area contributed by atoms with Crippen LogP contribution in [0.2, 0.25) is 0 Å². The average Bonchev–Trinajstić information content (AvgIpc) is 2.46. The van der Waals surface area contributed by atoms with E-state index >= 15 is 0 Å². The minimum Gasteiger partial charge on any atom is -0.236 e. The molecule has 0 saturated carbocycles. The van der Waals surface area contributed by atoms with Crippen molar-refractivity contribution in [2.75, 3.05) is 6.26 Å². The molecule has 1 aromatic heterocycles. The van der Waals surface area contributed by atoms with Crippen LogP contribution in [0.5, 0.6) is 0 Å². The van der Waals surface area contributed by atoms with Gasteiger partial charge in [-0.2, -0.15) is 0 Å². The molecule has 0 bridgehead atoms. The van der Waals surface area contributed by atoms with Crippen molar-refractivity contribution >= 4 is 32.5 Å². The summed E-state index contributed by atoms with van der Waals surface area (Å²) in [5.41, 5.74) is 1.90. The maximum Gasteiger partial charge on any atom is 0.175 e. The summed E-state index contributed by atoms with van der Waals surface area (Å²) in [5.74, 6) is 0. The lowest BCUT2D eigenvalue weighted by molar-refractivity contribution is 0.602. The Morgan fingerprint density at radius 3 is 2.59 bits per heavy atom. The number of fused-ring (bicyclic) bond motifs is 1. The first-order chi connectivity index (χ1) is 10.4. The molecule has 3 aromatic rings. The standard InChI is InChI=1S/C16H14N2O2S2/c1-11-4-3-5-12(8-11)21-16-14-9-13(22(2,19)20)6-7-15(14)17-10-18-16/h3-10H,1-2H3. The largest absolute Gasteiger partial charge is 0.236 e. The number of nitrogens with zero attached hydrogens (tertiary/aromatic N) is 2. The molecule has 6 heteroatoms. The molecule has 0 amide bonds. The Morgan fingerprint density at radius 1 is 1.05 bits per heavy atom. The number of aromatic nitrogens is 2. The fraction of sp³-hybridized carbons (Fsp3) is 0.125. The lowest BCUT2D eigenvalue weighted by Gasteiger charge is -2.07. The number of hydrogen-bond acceptors (Lipinski definition) is 5. The molecule has 0 unspecified atom stereocenters. The van der Waals surface area contributed by atoms with Crippen LogP contribution >= 0.6 is 11.8 Å². The van der Waals surface area contributed by atoms with Gasteiger partial charge in [0.15, 0.2) is 9.84 Å². The molecule has 1 heterocycles. The molecule has 3 rings (SSSR count). The van der Waals surface area contributed by atoms with E-state index < -0.39 is 9.84 Å². The Bertz CT molecular complexity index is 953. The van der Waals surface area contributed by atoms with Crippen LogP contribution in [0.15, 0.2) is 63.6 Å². The first-order valence-corrected chi connectivity index (χ1v) is 9.33. The third-order valence-electron chi connectivity index (χ3n) is 3.20. The smallest absolute Gasteiger partial charge is 0.175 e. The molecule has 2 aromatic carbocycles. The fourth-order valence-electron chi connectivity index (χ4n) is 2.11. The molecule has 0 saturated heterocycles. The van der Waals surface area contributed by atoms with Gasteiger partial charge in [0.2, 0.25) is 0 Å². The van der Waals surface area contributed by atoms with Crippen molar-refractivity contribution in [1.82, 2.24) is 9.97 Å². The van der Waals surface area contributed by atoms with Gasteiger partial charge in [-0.25, -0.2) is 18.4 Å². The Morgan fingerprint density at radius 2 is 1.86 bits per heavy atom. The zero-order valence-electron chi connectivity index (χ0n) is 12.1. The van der Waals surface area contributed by atoms with Crippen molar-refractivity contribution in [2.24, 2.45) is 0 Å². The van der Waals surface area contributed by atoms with Crippen LogP contribution < -0.4 is 0 Å². The Kier molecular flexibility index (Phi) is 3.88. The van der Waals surface area contributed by atoms with Gasteiger partial charge in [0, 0.05) is 16.5 Å². The summed E-state index contributed by atoms with van der Waals surface area (Å²) in [7, 11) is -3.26. The van der Waals surface area contributed by atoms with Crippen LogP contribution in [-0.2, 0) is 9.84 Å². The van der Waals surface area contributed by atoms with E-state index in [9.17, 15) is 8.42 Å². The third kappa shape index (κ3) is 3.13. The van der Waals surface area contributed by atoms with Crippen molar-refractivity contribution in [3.05, 3.63) is 54.4 Å². The zero-order chi connectivity index (χ0) is 15.7. The van der Waals surface area contributed by atoms with E-state index in [1.807, 2.05) is 25.1 Å². The van der Waals surface area contributed by atoms with Crippen LogP contribution in [0.25, 0.3) is 10.9 Å². The fourth-order valence-corrected chi connectivity index (χ4v) is 3.75. The van der Waals surface area contributed by atoms with Crippen LogP contribution in [0.4, 0.5) is 0 Å². The summed E-state index contributed by atoms with van der Waals surface area (Å²) < 4.78 is 23.5. The van der Waals surface area contributed by atoms with Crippen molar-refractivity contribution < 1.29 is 8.42 Å². The molecular weight excluding hydrogens is 316 g/mol. The van der Waals surface area contributed by atoms with E-state index in [2.05, 4.69) is 16.0 Å². The van der Waals surface area contributed by atoms with Crippen LogP contribution in [0, 0.1) is 6.92 Å². The van der Waals surface area contributed by atoms with Crippen LogP contribution in [0.1, 0.15) is 5.56 Å². The average molecular weight is 330 g/mol. The molecule has 0 aliphatic rings. The SMILES string of the molecule is Cc1cccc(Sc2ncnc3ccc(S(C)(=O)=O)cc23)c1. The summed E-state index contributed by atoms with van der Waals surface area (Å²) in [6.45, 7) is 2.03. The highest BCUT2D eigenvalue weighted by Crippen LogP contribution is 2.32. The maximum atomic E-state index is 11.7. The molecule has 0 N–H and O–H groups in total. The first kappa shape index (κ1) is 15.0. The summed E-state index contributed by atoms with van der Waals surface area (Å²) in [6, 6.07) is 13.0. The second kappa shape index (κ2) is 5.70. The van der Waals surface area contributed by atoms with Gasteiger partial charge in [-0.15, -0.1) is 0 Å². The molecule has 0 radical (unpaired) electrons. The second-order valence-corrected chi connectivity index (χ2v) is 8.13. The summed E-state index contributed by atoms with van der Waals surface area (Å²) in [4.78, 5) is 9.86. The van der Waals surface area contributed by atoms with Crippen molar-refractivity contribution in [2.45, 2.75) is 21.7 Å². The monoisotopic (exact) mass is 330 g/mol. The predicted octanol–water partition coefficient (Wildman–Crippen LogP) is 3.49. The molecule has 22 heavy (non-hydrogen) atoms. The van der Waals surface area contributed by atoms with Gasteiger partial charge in [0.1, 0.15) is 11.4 Å².